The minimum atomic E-state index is -0.508. The molecule has 0 aromatic heterocycles. The molecule has 0 aliphatic rings. The maximum absolute atomic E-state index is 11.8. The van der Waals surface area contributed by atoms with Gasteiger partial charge in [-0.25, -0.2) is 4.79 Å². The molecule has 0 saturated carbocycles. The van der Waals surface area contributed by atoms with E-state index in [9.17, 15) is 20.2 Å². The lowest BCUT2D eigenvalue weighted by molar-refractivity contribution is -0.384. The molecule has 0 fully saturated rings. The fraction of sp³-hybridized carbons (Fsp3) is 0.0588. The summed E-state index contributed by atoms with van der Waals surface area (Å²) in [5, 5.41) is 20.0. The number of carbonyl (C=O) groups excluding carboxylic acids is 1. The number of ether oxygens (including phenoxy) is 1. The predicted molar refractivity (Wildman–Crippen MR) is 84.4 cm³/mol. The van der Waals surface area contributed by atoms with E-state index in [2.05, 4.69) is 0 Å². The molecule has 0 amide bonds. The lowest BCUT2D eigenvalue weighted by atomic mass is 10.0. The Balaban J connectivity index is 2.46. The van der Waals surface area contributed by atoms with Gasteiger partial charge < -0.3 is 4.74 Å². The maximum atomic E-state index is 11.8. The van der Waals surface area contributed by atoms with Crippen molar-refractivity contribution in [1.29, 1.82) is 5.26 Å². The average molecular weight is 308 g/mol. The summed E-state index contributed by atoms with van der Waals surface area (Å²) in [5.74, 6) is -0.502. The van der Waals surface area contributed by atoms with E-state index in [1.165, 1.54) is 31.4 Å². The fourth-order valence-corrected chi connectivity index (χ4v) is 2.02. The quantitative estimate of drug-likeness (QED) is 0.283. The summed E-state index contributed by atoms with van der Waals surface area (Å²) < 4.78 is 4.71. The molecule has 6 nitrogen and oxygen atoms in total. The van der Waals surface area contributed by atoms with Gasteiger partial charge in [-0.3, -0.25) is 10.1 Å². The van der Waals surface area contributed by atoms with Crippen LogP contribution in [0, 0.1) is 21.4 Å². The monoisotopic (exact) mass is 308 g/mol. The second kappa shape index (κ2) is 7.00. The fourth-order valence-electron chi connectivity index (χ4n) is 2.02. The number of hydrogen-bond acceptors (Lipinski definition) is 5. The standard InChI is InChI=1S/C17H12N2O4/c1-23-17(20)16-5-3-2-4-13(16)10-14(11-18)12-6-8-15(9-7-12)19(21)22/h2-10H,1H3/b14-10-. The lowest BCUT2D eigenvalue weighted by Crippen LogP contribution is -2.03. The molecule has 0 N–H and O–H groups in total. The Morgan fingerprint density at radius 2 is 1.87 bits per heavy atom. The van der Waals surface area contributed by atoms with Gasteiger partial charge in [0.2, 0.25) is 0 Å². The third-order valence-corrected chi connectivity index (χ3v) is 3.18. The number of non-ortho nitro benzene ring substituents is 1. The minimum Gasteiger partial charge on any atom is -0.465 e. The topological polar surface area (TPSA) is 93.2 Å². The van der Waals surface area contributed by atoms with Crippen molar-refractivity contribution in [3.63, 3.8) is 0 Å². The number of rotatable bonds is 4. The molecule has 0 atom stereocenters. The number of nitro groups is 1. The average Bonchev–Trinajstić information content (AvgIpc) is 2.59. The highest BCUT2D eigenvalue weighted by Gasteiger charge is 2.11. The second-order valence-electron chi connectivity index (χ2n) is 4.55. The molecule has 0 aliphatic carbocycles. The predicted octanol–water partition coefficient (Wildman–Crippen LogP) is 3.45. The van der Waals surface area contributed by atoms with Crippen LogP contribution >= 0.6 is 0 Å². The molecular formula is C17H12N2O4. The zero-order valence-electron chi connectivity index (χ0n) is 12.2. The summed E-state index contributed by atoms with van der Waals surface area (Å²) in [6, 6.07) is 14.4. The van der Waals surface area contributed by atoms with Crippen molar-refractivity contribution in [2.75, 3.05) is 7.11 Å². The third-order valence-electron chi connectivity index (χ3n) is 3.18. The van der Waals surface area contributed by atoms with Crippen LogP contribution in [0.3, 0.4) is 0 Å². The van der Waals surface area contributed by atoms with Crippen molar-refractivity contribution in [2.24, 2.45) is 0 Å². The molecule has 0 heterocycles. The number of benzene rings is 2. The largest absolute Gasteiger partial charge is 0.465 e. The summed E-state index contributed by atoms with van der Waals surface area (Å²) in [5.41, 5.74) is 1.63. The first kappa shape index (κ1) is 15.9. The summed E-state index contributed by atoms with van der Waals surface area (Å²) >= 11 is 0. The van der Waals surface area contributed by atoms with Crippen LogP contribution < -0.4 is 0 Å². The Kier molecular flexibility index (Phi) is 4.85. The number of hydrogen-bond donors (Lipinski definition) is 0. The molecule has 6 heteroatoms. The van der Waals surface area contributed by atoms with Gasteiger partial charge in [0, 0.05) is 12.1 Å². The minimum absolute atomic E-state index is 0.0546. The molecule has 2 aromatic carbocycles. The number of methoxy groups -OCH3 is 1. The number of allylic oxidation sites excluding steroid dienone is 1. The highest BCUT2D eigenvalue weighted by molar-refractivity contribution is 5.98. The Bertz CT molecular complexity index is 817. The van der Waals surface area contributed by atoms with Gasteiger partial charge in [0.1, 0.15) is 0 Å². The van der Waals surface area contributed by atoms with Crippen LogP contribution in [0.15, 0.2) is 48.5 Å². The van der Waals surface area contributed by atoms with Crippen LogP contribution in [-0.4, -0.2) is 18.0 Å². The Morgan fingerprint density at radius 1 is 1.22 bits per heavy atom. The van der Waals surface area contributed by atoms with Crippen LogP contribution in [0.5, 0.6) is 0 Å². The van der Waals surface area contributed by atoms with E-state index < -0.39 is 10.9 Å². The van der Waals surface area contributed by atoms with E-state index in [1.54, 1.807) is 30.3 Å². The molecule has 2 rings (SSSR count). The first-order chi connectivity index (χ1) is 11.1. The molecule has 0 unspecified atom stereocenters. The smallest absolute Gasteiger partial charge is 0.338 e. The number of nitriles is 1. The van der Waals surface area contributed by atoms with Crippen LogP contribution in [-0.2, 0) is 4.74 Å². The van der Waals surface area contributed by atoms with Crippen LogP contribution in [0.2, 0.25) is 0 Å². The van der Waals surface area contributed by atoms with E-state index in [0.29, 0.717) is 16.7 Å². The van der Waals surface area contributed by atoms with Crippen molar-refractivity contribution in [3.05, 3.63) is 75.3 Å². The molecule has 2 aromatic rings. The maximum Gasteiger partial charge on any atom is 0.338 e. The normalized spacial score (nSPS) is 10.7. The molecule has 0 aliphatic heterocycles. The van der Waals surface area contributed by atoms with Gasteiger partial charge in [0.05, 0.1) is 29.2 Å². The second-order valence-corrected chi connectivity index (χ2v) is 4.55. The SMILES string of the molecule is COC(=O)c1ccccc1/C=C(/C#N)c1ccc([N+](=O)[O-])cc1. The van der Waals surface area contributed by atoms with Gasteiger partial charge in [-0.2, -0.15) is 5.26 Å². The van der Waals surface area contributed by atoms with Gasteiger partial charge in [-0.05, 0) is 35.4 Å². The molecule has 114 valence electrons. The lowest BCUT2D eigenvalue weighted by Gasteiger charge is -2.05. The summed E-state index contributed by atoms with van der Waals surface area (Å²) in [7, 11) is 1.28. The van der Waals surface area contributed by atoms with Crippen LogP contribution in [0.4, 0.5) is 5.69 Å². The highest BCUT2D eigenvalue weighted by Crippen LogP contribution is 2.22. The van der Waals surface area contributed by atoms with Crippen LogP contribution in [0.1, 0.15) is 21.5 Å². The van der Waals surface area contributed by atoms with Gasteiger partial charge in [-0.1, -0.05) is 18.2 Å². The first-order valence-corrected chi connectivity index (χ1v) is 6.60. The highest BCUT2D eigenvalue weighted by atomic mass is 16.6. The van der Waals surface area contributed by atoms with E-state index >= 15 is 0 Å². The van der Waals surface area contributed by atoms with Gasteiger partial charge in [0.15, 0.2) is 0 Å². The summed E-state index contributed by atoms with van der Waals surface area (Å²) in [4.78, 5) is 21.9. The Labute approximate surface area is 132 Å². The van der Waals surface area contributed by atoms with Gasteiger partial charge in [-0.15, -0.1) is 0 Å². The number of carbonyl (C=O) groups is 1. The summed E-state index contributed by atoms with van der Waals surface area (Å²) in [6.45, 7) is 0. The number of nitro benzene ring substituents is 1. The molecule has 23 heavy (non-hydrogen) atoms. The van der Waals surface area contributed by atoms with Crippen molar-refractivity contribution >= 4 is 23.3 Å². The van der Waals surface area contributed by atoms with E-state index in [1.807, 2.05) is 6.07 Å². The zero-order chi connectivity index (χ0) is 16.8. The molecular weight excluding hydrogens is 296 g/mol. The summed E-state index contributed by atoms with van der Waals surface area (Å²) in [6.07, 6.45) is 1.55. The first-order valence-electron chi connectivity index (χ1n) is 6.60. The van der Waals surface area contributed by atoms with E-state index in [0.717, 1.165) is 0 Å². The van der Waals surface area contributed by atoms with Crippen molar-refractivity contribution in [2.45, 2.75) is 0 Å². The van der Waals surface area contributed by atoms with Crippen molar-refractivity contribution < 1.29 is 14.5 Å². The van der Waals surface area contributed by atoms with Crippen LogP contribution in [0.25, 0.3) is 11.6 Å². The number of esters is 1. The van der Waals surface area contributed by atoms with Gasteiger partial charge >= 0.3 is 5.97 Å². The zero-order valence-corrected chi connectivity index (χ0v) is 12.2. The number of nitrogens with zero attached hydrogens (tertiary/aromatic N) is 2. The van der Waals surface area contributed by atoms with Gasteiger partial charge in [0.25, 0.3) is 5.69 Å². The Hall–Kier alpha value is -3.46. The molecule has 0 spiro atoms. The van der Waals surface area contributed by atoms with Crippen molar-refractivity contribution in [3.8, 4) is 6.07 Å². The Morgan fingerprint density at radius 3 is 2.43 bits per heavy atom. The van der Waals surface area contributed by atoms with E-state index in [-0.39, 0.29) is 11.3 Å². The molecule has 0 saturated heterocycles. The van der Waals surface area contributed by atoms with E-state index in [4.69, 9.17) is 4.74 Å². The third kappa shape index (κ3) is 3.60. The molecule has 0 radical (unpaired) electrons. The molecule has 0 bridgehead atoms. The van der Waals surface area contributed by atoms with Crippen molar-refractivity contribution in [1.82, 2.24) is 0 Å².